The average molecular weight is 441 g/mol. The van der Waals surface area contributed by atoms with E-state index >= 15 is 0 Å². The van der Waals surface area contributed by atoms with Crippen LogP contribution in [-0.4, -0.2) is 37.2 Å². The van der Waals surface area contributed by atoms with Crippen molar-refractivity contribution < 1.29 is 9.84 Å². The number of rotatable bonds is 5. The lowest BCUT2D eigenvalue weighted by molar-refractivity contribution is 0.370. The molecule has 0 bridgehead atoms. The molecule has 0 unspecified atom stereocenters. The normalized spacial score (nSPS) is 10.7. The Kier molecular flexibility index (Phi) is 8.39. The van der Waals surface area contributed by atoms with E-state index in [0.29, 0.717) is 18.8 Å². The zero-order chi connectivity index (χ0) is 16.7. The minimum Gasteiger partial charge on any atom is -0.504 e. The number of phenolic OH excluding ortho intramolecular Hbond substituents is 1. The molecule has 5 nitrogen and oxygen atoms in total. The third-order valence-corrected chi connectivity index (χ3v) is 3.42. The number of aromatic hydroxyl groups is 1. The molecule has 0 fully saturated rings. The number of halogens is 1. The molecule has 2 rings (SSSR count). The molecule has 6 heteroatoms. The number of para-hydroxylation sites is 1. The third-order valence-electron chi connectivity index (χ3n) is 3.42. The Labute approximate surface area is 160 Å². The van der Waals surface area contributed by atoms with Crippen molar-refractivity contribution in [3.05, 3.63) is 59.7 Å². The summed E-state index contributed by atoms with van der Waals surface area (Å²) in [6, 6.07) is 15.5. The lowest BCUT2D eigenvalue weighted by Crippen LogP contribution is -2.36. The standard InChI is InChI=1S/C18H23N3O2.HI/c1-21(2)18(19-12-14-8-5-4-6-9-14)20-13-15-10-7-11-16(23-3)17(15)22;/h4-11,22H,12-13H2,1-3H3,(H,19,20);1H. The number of phenols is 1. The summed E-state index contributed by atoms with van der Waals surface area (Å²) in [5, 5.41) is 13.4. The highest BCUT2D eigenvalue weighted by atomic mass is 127. The number of nitrogens with zero attached hydrogens (tertiary/aromatic N) is 2. The fourth-order valence-corrected chi connectivity index (χ4v) is 2.15. The molecule has 2 aromatic rings. The summed E-state index contributed by atoms with van der Waals surface area (Å²) in [7, 11) is 5.41. The molecule has 0 amide bonds. The molecule has 130 valence electrons. The summed E-state index contributed by atoms with van der Waals surface area (Å²) >= 11 is 0. The lowest BCUT2D eigenvalue weighted by Gasteiger charge is -2.18. The molecule has 0 aliphatic rings. The van der Waals surface area contributed by atoms with E-state index in [-0.39, 0.29) is 29.7 Å². The molecule has 0 radical (unpaired) electrons. The summed E-state index contributed by atoms with van der Waals surface area (Å²) in [6.07, 6.45) is 0. The highest BCUT2D eigenvalue weighted by molar-refractivity contribution is 14.0. The highest BCUT2D eigenvalue weighted by Gasteiger charge is 2.08. The Balaban J connectivity index is 0.00000288. The van der Waals surface area contributed by atoms with Gasteiger partial charge in [-0.15, -0.1) is 24.0 Å². The minimum absolute atomic E-state index is 0. The zero-order valence-electron chi connectivity index (χ0n) is 14.2. The van der Waals surface area contributed by atoms with Crippen LogP contribution in [0.25, 0.3) is 0 Å². The summed E-state index contributed by atoms with van der Waals surface area (Å²) < 4.78 is 5.13. The van der Waals surface area contributed by atoms with E-state index in [9.17, 15) is 5.11 Å². The highest BCUT2D eigenvalue weighted by Crippen LogP contribution is 2.29. The predicted octanol–water partition coefficient (Wildman–Crippen LogP) is 3.23. The second-order valence-electron chi connectivity index (χ2n) is 5.34. The topological polar surface area (TPSA) is 57.1 Å². The van der Waals surface area contributed by atoms with Gasteiger partial charge in [-0.05, 0) is 11.6 Å². The number of methoxy groups -OCH3 is 1. The molecular weight excluding hydrogens is 417 g/mol. The van der Waals surface area contributed by atoms with Crippen LogP contribution in [0.3, 0.4) is 0 Å². The maximum atomic E-state index is 10.1. The van der Waals surface area contributed by atoms with Gasteiger partial charge in [0.2, 0.25) is 0 Å². The van der Waals surface area contributed by atoms with E-state index in [0.717, 1.165) is 17.1 Å². The second kappa shape index (κ2) is 10.0. The van der Waals surface area contributed by atoms with Crippen LogP contribution in [-0.2, 0) is 13.1 Å². The molecule has 0 atom stereocenters. The summed E-state index contributed by atoms with van der Waals surface area (Å²) in [5.74, 6) is 1.39. The number of hydrogen-bond donors (Lipinski definition) is 2. The first-order valence-electron chi connectivity index (χ1n) is 7.46. The van der Waals surface area contributed by atoms with Crippen LogP contribution < -0.4 is 10.1 Å². The Bertz CT molecular complexity index is 661. The van der Waals surface area contributed by atoms with Crippen LogP contribution in [0, 0.1) is 0 Å². The Morgan fingerprint density at radius 3 is 2.46 bits per heavy atom. The third kappa shape index (κ3) is 5.59. The van der Waals surface area contributed by atoms with Crippen LogP contribution in [0.4, 0.5) is 0 Å². The number of guanidine groups is 1. The first-order valence-corrected chi connectivity index (χ1v) is 7.46. The molecule has 2 N–H and O–H groups in total. The molecule has 24 heavy (non-hydrogen) atoms. The maximum Gasteiger partial charge on any atom is 0.194 e. The van der Waals surface area contributed by atoms with Crippen molar-refractivity contribution in [2.45, 2.75) is 13.1 Å². The van der Waals surface area contributed by atoms with E-state index in [1.165, 1.54) is 0 Å². The van der Waals surface area contributed by atoms with E-state index in [1.807, 2.05) is 61.5 Å². The predicted molar refractivity (Wildman–Crippen MR) is 108 cm³/mol. The number of ether oxygens (including phenoxy) is 1. The lowest BCUT2D eigenvalue weighted by atomic mass is 10.2. The Hall–Kier alpha value is -1.96. The molecule has 0 aliphatic carbocycles. The summed E-state index contributed by atoms with van der Waals surface area (Å²) in [5.41, 5.74) is 1.91. The molecule has 0 aromatic heterocycles. The maximum absolute atomic E-state index is 10.1. The van der Waals surface area contributed by atoms with Crippen molar-refractivity contribution in [2.24, 2.45) is 4.99 Å². The number of aliphatic imine (C=N–C) groups is 1. The monoisotopic (exact) mass is 441 g/mol. The van der Waals surface area contributed by atoms with Gasteiger partial charge < -0.3 is 20.1 Å². The molecule has 0 heterocycles. The smallest absolute Gasteiger partial charge is 0.194 e. The Morgan fingerprint density at radius 1 is 1.12 bits per heavy atom. The minimum atomic E-state index is 0. The van der Waals surface area contributed by atoms with Gasteiger partial charge in [-0.2, -0.15) is 0 Å². The molecule has 0 saturated carbocycles. The number of nitrogens with one attached hydrogen (secondary N) is 1. The molecule has 0 spiro atoms. The fraction of sp³-hybridized carbons (Fsp3) is 0.278. The van der Waals surface area contributed by atoms with Gasteiger partial charge in [0.25, 0.3) is 0 Å². The van der Waals surface area contributed by atoms with Crippen LogP contribution in [0.2, 0.25) is 0 Å². The van der Waals surface area contributed by atoms with E-state index in [2.05, 4.69) is 10.3 Å². The average Bonchev–Trinajstić information content (AvgIpc) is 2.56. The quantitative estimate of drug-likeness (QED) is 0.425. The van der Waals surface area contributed by atoms with Gasteiger partial charge in [0.1, 0.15) is 0 Å². The van der Waals surface area contributed by atoms with Crippen LogP contribution in [0.1, 0.15) is 11.1 Å². The van der Waals surface area contributed by atoms with Gasteiger partial charge in [-0.25, -0.2) is 4.99 Å². The van der Waals surface area contributed by atoms with Gasteiger partial charge >= 0.3 is 0 Å². The van der Waals surface area contributed by atoms with Gasteiger partial charge in [0, 0.05) is 26.2 Å². The van der Waals surface area contributed by atoms with E-state index in [1.54, 1.807) is 13.2 Å². The molecule has 0 aliphatic heterocycles. The van der Waals surface area contributed by atoms with Crippen molar-refractivity contribution in [1.29, 1.82) is 0 Å². The van der Waals surface area contributed by atoms with E-state index in [4.69, 9.17) is 4.74 Å². The van der Waals surface area contributed by atoms with Crippen LogP contribution in [0.15, 0.2) is 53.5 Å². The largest absolute Gasteiger partial charge is 0.504 e. The summed E-state index contributed by atoms with van der Waals surface area (Å²) in [4.78, 5) is 6.52. The van der Waals surface area contributed by atoms with Gasteiger partial charge in [0.15, 0.2) is 17.5 Å². The Morgan fingerprint density at radius 2 is 1.83 bits per heavy atom. The summed E-state index contributed by atoms with van der Waals surface area (Å²) in [6.45, 7) is 1.07. The SMILES string of the molecule is COc1cccc(CNC(=NCc2ccccc2)N(C)C)c1O.I. The number of benzene rings is 2. The zero-order valence-corrected chi connectivity index (χ0v) is 16.5. The fourth-order valence-electron chi connectivity index (χ4n) is 2.15. The van der Waals surface area contributed by atoms with Crippen molar-refractivity contribution >= 4 is 29.9 Å². The van der Waals surface area contributed by atoms with Crippen molar-refractivity contribution in [2.75, 3.05) is 21.2 Å². The molecule has 0 saturated heterocycles. The van der Waals surface area contributed by atoms with Crippen LogP contribution in [0.5, 0.6) is 11.5 Å². The van der Waals surface area contributed by atoms with Crippen LogP contribution >= 0.6 is 24.0 Å². The van der Waals surface area contributed by atoms with Crippen molar-refractivity contribution in [3.8, 4) is 11.5 Å². The molecular formula is C18H24IN3O2. The molecule has 2 aromatic carbocycles. The first kappa shape index (κ1) is 20.1. The van der Waals surface area contributed by atoms with Gasteiger partial charge in [-0.3, -0.25) is 0 Å². The number of hydrogen-bond acceptors (Lipinski definition) is 3. The van der Waals surface area contributed by atoms with Gasteiger partial charge in [-0.1, -0.05) is 42.5 Å². The second-order valence-corrected chi connectivity index (χ2v) is 5.34. The van der Waals surface area contributed by atoms with Crippen molar-refractivity contribution in [1.82, 2.24) is 10.2 Å². The van der Waals surface area contributed by atoms with Crippen molar-refractivity contribution in [3.63, 3.8) is 0 Å². The first-order chi connectivity index (χ1) is 11.1. The van der Waals surface area contributed by atoms with Gasteiger partial charge in [0.05, 0.1) is 13.7 Å². The van der Waals surface area contributed by atoms with E-state index < -0.39 is 0 Å².